The summed E-state index contributed by atoms with van der Waals surface area (Å²) in [7, 11) is 0. The topological polar surface area (TPSA) is 35.2 Å². The number of rotatable bonds is 7. The van der Waals surface area contributed by atoms with Gasteiger partial charge < -0.3 is 4.98 Å². The first-order valence-corrected chi connectivity index (χ1v) is 16.1. The smallest absolute Gasteiger partial charge is 0.137 e. The number of nitrogens with one attached hydrogen (secondary N) is 1. The molecule has 3 aromatic carbocycles. The first kappa shape index (κ1) is 39.8. The number of benzene rings is 3. The standard InChI is InChI=1S/C39H52N4.3ClH/c1-27(2)35(34-28(3)40-37(41-34)29-15-11-10-12-16-29)42-21-23-43(24-22-42)36(30-17-13-19-32(25-30)38(4,5)6)31-18-14-20-33(26-31)39(7,8)9;;;/h10-20,25-27,35-36H,21-24H2,1-9H3,(H,40,41);3*1H. The van der Waals surface area contributed by atoms with Crippen LogP contribution in [0.1, 0.15) is 101 Å². The van der Waals surface area contributed by atoms with Gasteiger partial charge in [0.05, 0.1) is 17.8 Å². The molecule has 0 aliphatic carbocycles. The molecule has 1 saturated heterocycles. The monoisotopic (exact) mass is 684 g/mol. The van der Waals surface area contributed by atoms with E-state index in [1.54, 1.807) is 0 Å². The van der Waals surface area contributed by atoms with Gasteiger partial charge in [0, 0.05) is 37.4 Å². The molecule has 0 amide bonds. The van der Waals surface area contributed by atoms with Crippen molar-refractivity contribution in [2.24, 2.45) is 5.92 Å². The van der Waals surface area contributed by atoms with Crippen LogP contribution in [0.3, 0.4) is 0 Å². The molecule has 0 bridgehead atoms. The number of aromatic nitrogens is 2. The molecule has 1 aromatic heterocycles. The van der Waals surface area contributed by atoms with Crippen molar-refractivity contribution in [2.45, 2.75) is 85.2 Å². The summed E-state index contributed by atoms with van der Waals surface area (Å²) in [5.74, 6) is 1.43. The van der Waals surface area contributed by atoms with Gasteiger partial charge in [0.25, 0.3) is 0 Å². The third-order valence-electron chi connectivity index (χ3n) is 9.13. The molecular formula is C39H55Cl3N4. The van der Waals surface area contributed by atoms with Gasteiger partial charge in [-0.05, 0) is 45.9 Å². The number of hydrogen-bond acceptors (Lipinski definition) is 3. The zero-order valence-corrected chi connectivity index (χ0v) is 31.6. The summed E-state index contributed by atoms with van der Waals surface area (Å²) in [5.41, 5.74) is 9.29. The van der Waals surface area contributed by atoms with Crippen LogP contribution in [0, 0.1) is 12.8 Å². The SMILES string of the molecule is Cc1[nH]c(-c2ccccc2)nc1C(C(C)C)N1CCN(C(c2cccc(C(C)(C)C)c2)c2cccc(C(C)(C)C)c2)CC1.Cl.Cl.Cl. The molecule has 1 atom stereocenters. The van der Waals surface area contributed by atoms with E-state index in [2.05, 4.69) is 156 Å². The van der Waals surface area contributed by atoms with E-state index in [-0.39, 0.29) is 60.1 Å². The molecule has 1 N–H and O–H groups in total. The lowest BCUT2D eigenvalue weighted by atomic mass is 9.82. The highest BCUT2D eigenvalue weighted by Crippen LogP contribution is 2.37. The van der Waals surface area contributed by atoms with Crippen molar-refractivity contribution in [3.63, 3.8) is 0 Å². The van der Waals surface area contributed by atoms with Crippen molar-refractivity contribution in [1.29, 1.82) is 0 Å². The van der Waals surface area contributed by atoms with E-state index in [0.717, 1.165) is 37.6 Å². The average Bonchev–Trinajstić information content (AvgIpc) is 3.35. The van der Waals surface area contributed by atoms with Crippen molar-refractivity contribution in [2.75, 3.05) is 26.2 Å². The third-order valence-corrected chi connectivity index (χ3v) is 9.13. The Hall–Kier alpha value is -2.34. The molecule has 0 spiro atoms. The van der Waals surface area contributed by atoms with E-state index in [9.17, 15) is 0 Å². The summed E-state index contributed by atoms with van der Waals surface area (Å²) in [6.07, 6.45) is 0. The van der Waals surface area contributed by atoms with Gasteiger partial charge >= 0.3 is 0 Å². The Labute approximate surface area is 297 Å². The Morgan fingerprint density at radius 2 is 1.13 bits per heavy atom. The summed E-state index contributed by atoms with van der Waals surface area (Å²) in [5, 5.41) is 0. The van der Waals surface area contributed by atoms with Crippen molar-refractivity contribution < 1.29 is 0 Å². The Bertz CT molecular complexity index is 1450. The number of nitrogens with zero attached hydrogens (tertiary/aromatic N) is 3. The van der Waals surface area contributed by atoms with Gasteiger partial charge in [0.1, 0.15) is 5.82 Å². The molecule has 1 aliphatic heterocycles. The van der Waals surface area contributed by atoms with Crippen molar-refractivity contribution in [3.8, 4) is 11.4 Å². The van der Waals surface area contributed by atoms with E-state index in [1.807, 2.05) is 0 Å². The molecular weight excluding hydrogens is 631 g/mol. The van der Waals surface area contributed by atoms with Gasteiger partial charge in [-0.3, -0.25) is 9.80 Å². The minimum Gasteiger partial charge on any atom is -0.342 e. The third kappa shape index (κ3) is 8.96. The molecule has 1 unspecified atom stereocenters. The molecule has 4 nitrogen and oxygen atoms in total. The molecule has 0 saturated carbocycles. The molecule has 7 heteroatoms. The number of halogens is 3. The molecule has 0 radical (unpaired) electrons. The summed E-state index contributed by atoms with van der Waals surface area (Å²) < 4.78 is 0. The second-order valence-corrected chi connectivity index (χ2v) is 14.9. The molecule has 252 valence electrons. The predicted molar refractivity (Wildman–Crippen MR) is 203 cm³/mol. The Morgan fingerprint density at radius 3 is 1.59 bits per heavy atom. The lowest BCUT2D eigenvalue weighted by molar-refractivity contribution is 0.0598. The van der Waals surface area contributed by atoms with Gasteiger partial charge in [-0.2, -0.15) is 0 Å². The molecule has 2 heterocycles. The normalized spacial score (nSPS) is 15.2. The summed E-state index contributed by atoms with van der Waals surface area (Å²) >= 11 is 0. The highest BCUT2D eigenvalue weighted by atomic mass is 35.5. The number of piperazine rings is 1. The van der Waals surface area contributed by atoms with Crippen LogP contribution in [-0.2, 0) is 10.8 Å². The van der Waals surface area contributed by atoms with Crippen LogP contribution < -0.4 is 0 Å². The van der Waals surface area contributed by atoms with Crippen molar-refractivity contribution in [1.82, 2.24) is 19.8 Å². The van der Waals surface area contributed by atoms with Gasteiger partial charge in [0.2, 0.25) is 0 Å². The van der Waals surface area contributed by atoms with E-state index in [4.69, 9.17) is 4.98 Å². The average molecular weight is 686 g/mol. The minimum absolute atomic E-state index is 0. The van der Waals surface area contributed by atoms with Crippen molar-refractivity contribution in [3.05, 3.63) is 113 Å². The minimum atomic E-state index is 0. The van der Waals surface area contributed by atoms with Crippen LogP contribution in [0.15, 0.2) is 78.9 Å². The highest BCUT2D eigenvalue weighted by Gasteiger charge is 2.34. The van der Waals surface area contributed by atoms with Crippen molar-refractivity contribution >= 4 is 37.2 Å². The fraction of sp³-hybridized carbons (Fsp3) is 0.462. The van der Waals surface area contributed by atoms with Gasteiger partial charge in [0.15, 0.2) is 0 Å². The Balaban J connectivity index is 0.00000245. The quantitative estimate of drug-likeness (QED) is 0.210. The van der Waals surface area contributed by atoms with Crippen LogP contribution in [0.2, 0.25) is 0 Å². The molecule has 1 aliphatic rings. The lowest BCUT2D eigenvalue weighted by Gasteiger charge is -2.43. The number of aryl methyl sites for hydroxylation is 1. The van der Waals surface area contributed by atoms with Gasteiger partial charge in [-0.1, -0.05) is 134 Å². The number of H-pyrrole nitrogens is 1. The Morgan fingerprint density at radius 1 is 0.652 bits per heavy atom. The lowest BCUT2D eigenvalue weighted by Crippen LogP contribution is -2.50. The van der Waals surface area contributed by atoms with Gasteiger partial charge in [-0.25, -0.2) is 4.98 Å². The zero-order chi connectivity index (χ0) is 30.9. The zero-order valence-electron chi connectivity index (χ0n) is 29.1. The molecule has 1 fully saturated rings. The first-order valence-electron chi connectivity index (χ1n) is 16.1. The van der Waals surface area contributed by atoms with Gasteiger partial charge in [-0.15, -0.1) is 37.2 Å². The maximum Gasteiger partial charge on any atom is 0.137 e. The number of aromatic amines is 1. The van der Waals surface area contributed by atoms with Crippen LogP contribution in [0.5, 0.6) is 0 Å². The fourth-order valence-electron chi connectivity index (χ4n) is 6.64. The number of hydrogen-bond donors (Lipinski definition) is 1. The Kier molecular flexibility index (Phi) is 14.0. The number of imidazole rings is 1. The summed E-state index contributed by atoms with van der Waals surface area (Å²) in [6, 6.07) is 29.7. The highest BCUT2D eigenvalue weighted by molar-refractivity contribution is 5.86. The van der Waals surface area contributed by atoms with Crippen LogP contribution in [0.4, 0.5) is 0 Å². The van der Waals surface area contributed by atoms with E-state index in [1.165, 1.54) is 33.6 Å². The largest absolute Gasteiger partial charge is 0.342 e. The molecule has 5 rings (SSSR count). The second kappa shape index (κ2) is 16.2. The summed E-state index contributed by atoms with van der Waals surface area (Å²) in [6.45, 7) is 24.8. The van der Waals surface area contributed by atoms with Crippen LogP contribution in [-0.4, -0.2) is 45.9 Å². The van der Waals surface area contributed by atoms with E-state index < -0.39 is 0 Å². The maximum absolute atomic E-state index is 5.18. The van der Waals surface area contributed by atoms with Crippen LogP contribution in [0.25, 0.3) is 11.4 Å². The van der Waals surface area contributed by atoms with E-state index in [0.29, 0.717) is 5.92 Å². The van der Waals surface area contributed by atoms with Crippen LogP contribution >= 0.6 is 37.2 Å². The molecule has 4 aromatic rings. The predicted octanol–water partition coefficient (Wildman–Crippen LogP) is 10.3. The summed E-state index contributed by atoms with van der Waals surface area (Å²) in [4.78, 5) is 14.2. The fourth-order valence-corrected chi connectivity index (χ4v) is 6.64. The first-order chi connectivity index (χ1) is 20.3. The maximum atomic E-state index is 5.18. The van der Waals surface area contributed by atoms with E-state index >= 15 is 0 Å². The molecule has 46 heavy (non-hydrogen) atoms. The second-order valence-electron chi connectivity index (χ2n) is 14.9.